The highest BCUT2D eigenvalue weighted by Gasteiger charge is 2.22. The number of anilines is 1. The molecule has 6 heteroatoms. The average Bonchev–Trinajstić information content (AvgIpc) is 2.42. The molecule has 2 atom stereocenters. The number of nitrogens with one attached hydrogen (secondary N) is 1. The standard InChI is InChI=1S/C15H24N2O3S/c1-4-13-8-12(5-6-20-13)17-15-9-14(21(16,18)19)7-10(2)11(15)3/h7,9,12-13,17H,4-6,8H2,1-3H3,(H2,16,18,19). The summed E-state index contributed by atoms with van der Waals surface area (Å²) in [5.41, 5.74) is 2.82. The summed E-state index contributed by atoms with van der Waals surface area (Å²) < 4.78 is 28.8. The summed E-state index contributed by atoms with van der Waals surface area (Å²) in [6.45, 7) is 6.74. The van der Waals surface area contributed by atoms with E-state index in [1.54, 1.807) is 12.1 Å². The van der Waals surface area contributed by atoms with Gasteiger partial charge in [-0.3, -0.25) is 0 Å². The van der Waals surface area contributed by atoms with Gasteiger partial charge in [-0.2, -0.15) is 0 Å². The third-order valence-corrected chi connectivity index (χ3v) is 5.04. The Morgan fingerprint density at radius 3 is 2.71 bits per heavy atom. The molecule has 1 heterocycles. The molecule has 1 aliphatic rings. The summed E-state index contributed by atoms with van der Waals surface area (Å²) >= 11 is 0. The van der Waals surface area contributed by atoms with Crippen molar-refractivity contribution in [3.05, 3.63) is 23.3 Å². The lowest BCUT2D eigenvalue weighted by atomic mass is 10.00. The van der Waals surface area contributed by atoms with Crippen molar-refractivity contribution >= 4 is 15.7 Å². The molecule has 1 aromatic rings. The Balaban J connectivity index is 2.25. The van der Waals surface area contributed by atoms with E-state index < -0.39 is 10.0 Å². The number of aryl methyl sites for hydroxylation is 1. The third-order valence-electron chi connectivity index (χ3n) is 4.15. The zero-order chi connectivity index (χ0) is 15.6. The minimum Gasteiger partial charge on any atom is -0.382 e. The number of nitrogens with two attached hydrogens (primary N) is 1. The van der Waals surface area contributed by atoms with Gasteiger partial charge in [0.05, 0.1) is 11.0 Å². The van der Waals surface area contributed by atoms with E-state index in [0.717, 1.165) is 42.7 Å². The second kappa shape index (κ2) is 6.34. The summed E-state index contributed by atoms with van der Waals surface area (Å²) in [5, 5.41) is 8.71. The molecule has 1 aromatic carbocycles. The van der Waals surface area contributed by atoms with E-state index in [2.05, 4.69) is 12.2 Å². The predicted molar refractivity (Wildman–Crippen MR) is 84.0 cm³/mol. The molecule has 0 amide bonds. The Bertz CT molecular complexity index is 614. The first-order valence-electron chi connectivity index (χ1n) is 7.33. The van der Waals surface area contributed by atoms with Gasteiger partial charge >= 0.3 is 0 Å². The van der Waals surface area contributed by atoms with Crippen LogP contribution in [0.25, 0.3) is 0 Å². The van der Waals surface area contributed by atoms with Crippen LogP contribution < -0.4 is 10.5 Å². The molecule has 118 valence electrons. The maximum Gasteiger partial charge on any atom is 0.238 e. The third kappa shape index (κ3) is 3.96. The van der Waals surface area contributed by atoms with Crippen LogP contribution >= 0.6 is 0 Å². The molecule has 5 nitrogen and oxygen atoms in total. The van der Waals surface area contributed by atoms with Crippen molar-refractivity contribution in [2.45, 2.75) is 57.1 Å². The lowest BCUT2D eigenvalue weighted by Gasteiger charge is -2.31. The van der Waals surface area contributed by atoms with Crippen LogP contribution in [0.3, 0.4) is 0 Å². The summed E-state index contributed by atoms with van der Waals surface area (Å²) in [6, 6.07) is 3.56. The highest BCUT2D eigenvalue weighted by Crippen LogP contribution is 2.27. The minimum atomic E-state index is -3.69. The van der Waals surface area contributed by atoms with Crippen LogP contribution in [0, 0.1) is 13.8 Å². The van der Waals surface area contributed by atoms with Gasteiger partial charge in [-0.05, 0) is 56.4 Å². The van der Waals surface area contributed by atoms with E-state index in [-0.39, 0.29) is 11.0 Å². The Labute approximate surface area is 126 Å². The van der Waals surface area contributed by atoms with E-state index in [9.17, 15) is 8.42 Å². The van der Waals surface area contributed by atoms with Crippen LogP contribution in [-0.2, 0) is 14.8 Å². The van der Waals surface area contributed by atoms with Gasteiger partial charge in [0.2, 0.25) is 10.0 Å². The van der Waals surface area contributed by atoms with E-state index in [1.165, 1.54) is 0 Å². The fourth-order valence-electron chi connectivity index (χ4n) is 2.66. The molecule has 2 unspecified atom stereocenters. The van der Waals surface area contributed by atoms with Gasteiger partial charge in [-0.15, -0.1) is 0 Å². The lowest BCUT2D eigenvalue weighted by Crippen LogP contribution is -2.34. The van der Waals surface area contributed by atoms with Gasteiger partial charge in [-0.25, -0.2) is 13.6 Å². The Morgan fingerprint density at radius 1 is 1.38 bits per heavy atom. The Kier molecular flexibility index (Phi) is 4.91. The molecule has 0 bridgehead atoms. The minimum absolute atomic E-state index is 0.159. The zero-order valence-electron chi connectivity index (χ0n) is 12.8. The maximum absolute atomic E-state index is 11.6. The molecular formula is C15H24N2O3S. The first kappa shape index (κ1) is 16.3. The molecule has 1 saturated heterocycles. The maximum atomic E-state index is 11.6. The molecule has 1 fully saturated rings. The highest BCUT2D eigenvalue weighted by molar-refractivity contribution is 7.89. The summed E-state index contributed by atoms with van der Waals surface area (Å²) in [6.07, 6.45) is 3.13. The van der Waals surface area contributed by atoms with Crippen LogP contribution in [0.4, 0.5) is 5.69 Å². The van der Waals surface area contributed by atoms with Crippen molar-refractivity contribution in [1.29, 1.82) is 0 Å². The molecule has 0 saturated carbocycles. The van der Waals surface area contributed by atoms with Crippen LogP contribution in [0.2, 0.25) is 0 Å². The van der Waals surface area contributed by atoms with E-state index in [1.807, 2.05) is 13.8 Å². The predicted octanol–water partition coefficient (Wildman–Crippen LogP) is 2.32. The van der Waals surface area contributed by atoms with Crippen LogP contribution in [-0.4, -0.2) is 27.2 Å². The molecule has 0 spiro atoms. The highest BCUT2D eigenvalue weighted by atomic mass is 32.2. The number of rotatable bonds is 4. The number of ether oxygens (including phenoxy) is 1. The molecule has 0 aliphatic carbocycles. The normalized spacial score (nSPS) is 23.0. The molecule has 21 heavy (non-hydrogen) atoms. The number of hydrogen-bond donors (Lipinski definition) is 2. The fourth-order valence-corrected chi connectivity index (χ4v) is 3.28. The van der Waals surface area contributed by atoms with E-state index in [4.69, 9.17) is 9.88 Å². The number of primary sulfonamides is 1. The summed E-state index contributed by atoms with van der Waals surface area (Å²) in [7, 11) is -3.69. The number of hydrogen-bond acceptors (Lipinski definition) is 4. The number of benzene rings is 1. The van der Waals surface area contributed by atoms with Crippen molar-refractivity contribution in [1.82, 2.24) is 0 Å². The molecule has 3 N–H and O–H groups in total. The zero-order valence-corrected chi connectivity index (χ0v) is 13.7. The topological polar surface area (TPSA) is 81.4 Å². The Morgan fingerprint density at radius 2 is 2.10 bits per heavy atom. The van der Waals surface area contributed by atoms with Crippen molar-refractivity contribution in [3.8, 4) is 0 Å². The summed E-state index contributed by atoms with van der Waals surface area (Å²) in [4.78, 5) is 0.159. The van der Waals surface area contributed by atoms with Crippen LogP contribution in [0.5, 0.6) is 0 Å². The van der Waals surface area contributed by atoms with E-state index in [0.29, 0.717) is 6.04 Å². The molecule has 2 rings (SSSR count). The smallest absolute Gasteiger partial charge is 0.238 e. The van der Waals surface area contributed by atoms with Crippen LogP contribution in [0.1, 0.15) is 37.3 Å². The van der Waals surface area contributed by atoms with Crippen molar-refractivity contribution in [2.75, 3.05) is 11.9 Å². The van der Waals surface area contributed by atoms with Crippen molar-refractivity contribution < 1.29 is 13.2 Å². The average molecular weight is 312 g/mol. The first-order valence-corrected chi connectivity index (χ1v) is 8.88. The molecule has 0 radical (unpaired) electrons. The van der Waals surface area contributed by atoms with Gasteiger partial charge < -0.3 is 10.1 Å². The largest absolute Gasteiger partial charge is 0.382 e. The summed E-state index contributed by atoms with van der Waals surface area (Å²) in [5.74, 6) is 0. The number of sulfonamides is 1. The van der Waals surface area contributed by atoms with Gasteiger partial charge in [0.25, 0.3) is 0 Å². The first-order chi connectivity index (χ1) is 9.81. The SMILES string of the molecule is CCC1CC(Nc2cc(S(N)(=O)=O)cc(C)c2C)CCO1. The molecular weight excluding hydrogens is 288 g/mol. The monoisotopic (exact) mass is 312 g/mol. The van der Waals surface area contributed by atoms with Crippen molar-refractivity contribution in [2.24, 2.45) is 5.14 Å². The second-order valence-corrected chi connectivity index (χ2v) is 7.29. The van der Waals surface area contributed by atoms with Gasteiger partial charge in [0.15, 0.2) is 0 Å². The van der Waals surface area contributed by atoms with E-state index >= 15 is 0 Å². The molecule has 1 aliphatic heterocycles. The van der Waals surface area contributed by atoms with Gasteiger partial charge in [0.1, 0.15) is 0 Å². The van der Waals surface area contributed by atoms with Crippen molar-refractivity contribution in [3.63, 3.8) is 0 Å². The van der Waals surface area contributed by atoms with Crippen LogP contribution in [0.15, 0.2) is 17.0 Å². The second-order valence-electron chi connectivity index (χ2n) is 5.72. The molecule has 0 aromatic heterocycles. The Hall–Kier alpha value is -1.11. The fraction of sp³-hybridized carbons (Fsp3) is 0.600. The quantitative estimate of drug-likeness (QED) is 0.894. The lowest BCUT2D eigenvalue weighted by molar-refractivity contribution is 0.00924. The van der Waals surface area contributed by atoms with Gasteiger partial charge in [-0.1, -0.05) is 6.92 Å². The van der Waals surface area contributed by atoms with Gasteiger partial charge in [0, 0.05) is 18.3 Å².